The Labute approximate surface area is 160 Å². The van der Waals surface area contributed by atoms with Gasteiger partial charge < -0.3 is 23.7 Å². The smallest absolute Gasteiger partial charge is 0.238 e. The molecule has 1 N–H and O–H groups in total. The first-order chi connectivity index (χ1) is 13.2. The van der Waals surface area contributed by atoms with Crippen LogP contribution in [0.5, 0.6) is 5.75 Å². The summed E-state index contributed by atoms with van der Waals surface area (Å²) in [6, 6.07) is 8.60. The number of furan rings is 1. The number of ether oxygens (including phenoxy) is 2. The van der Waals surface area contributed by atoms with Crippen molar-refractivity contribution in [3.8, 4) is 17.3 Å². The van der Waals surface area contributed by atoms with Crippen molar-refractivity contribution < 1.29 is 23.2 Å². The van der Waals surface area contributed by atoms with E-state index in [1.54, 1.807) is 37.4 Å². The fraction of sp³-hybridized carbons (Fsp3) is 0.278. The molecule has 0 aliphatic carbocycles. The predicted molar refractivity (Wildman–Crippen MR) is 97.8 cm³/mol. The Morgan fingerprint density at radius 1 is 1.26 bits per heavy atom. The van der Waals surface area contributed by atoms with Gasteiger partial charge >= 0.3 is 0 Å². The molecule has 9 heteroatoms. The summed E-state index contributed by atoms with van der Waals surface area (Å²) in [6.45, 7) is 0.731. The number of aromatic nitrogens is 2. The third kappa shape index (κ3) is 5.08. The van der Waals surface area contributed by atoms with Gasteiger partial charge in [-0.3, -0.25) is 4.79 Å². The van der Waals surface area contributed by atoms with E-state index in [0.29, 0.717) is 53.6 Å². The summed E-state index contributed by atoms with van der Waals surface area (Å²) in [5.74, 6) is 1.37. The molecule has 142 valence electrons. The van der Waals surface area contributed by atoms with Gasteiger partial charge in [0.1, 0.15) is 6.61 Å². The SMILES string of the molecule is COCCOc1c(Cl)cccc1NC(=O)CCc1nc(-c2ccco2)no1. The molecule has 0 bridgehead atoms. The Morgan fingerprint density at radius 3 is 2.93 bits per heavy atom. The van der Waals surface area contributed by atoms with E-state index in [1.165, 1.54) is 6.26 Å². The van der Waals surface area contributed by atoms with E-state index in [-0.39, 0.29) is 12.3 Å². The number of benzene rings is 1. The first-order valence-electron chi connectivity index (χ1n) is 8.24. The predicted octanol–water partition coefficient (Wildman–Crippen LogP) is 3.58. The van der Waals surface area contributed by atoms with E-state index in [0.717, 1.165) is 0 Å². The maximum absolute atomic E-state index is 12.3. The molecule has 0 spiro atoms. The van der Waals surface area contributed by atoms with E-state index in [9.17, 15) is 4.79 Å². The van der Waals surface area contributed by atoms with Gasteiger partial charge in [0.25, 0.3) is 0 Å². The molecule has 2 heterocycles. The summed E-state index contributed by atoms with van der Waals surface area (Å²) in [5.41, 5.74) is 0.491. The monoisotopic (exact) mass is 391 g/mol. The van der Waals surface area contributed by atoms with E-state index in [1.807, 2.05) is 0 Å². The largest absolute Gasteiger partial charge is 0.487 e. The second-order valence-corrected chi connectivity index (χ2v) is 5.90. The standard InChI is InChI=1S/C18H18ClN3O5/c1-24-10-11-26-17-12(19)4-2-5-13(17)20-15(23)7-8-16-21-18(22-27-16)14-6-3-9-25-14/h2-6,9H,7-8,10-11H2,1H3,(H,20,23). The summed E-state index contributed by atoms with van der Waals surface area (Å²) in [5, 5.41) is 7.02. The van der Waals surface area contributed by atoms with Crippen LogP contribution in [0.4, 0.5) is 5.69 Å². The first kappa shape index (κ1) is 18.9. The van der Waals surface area contributed by atoms with Crippen LogP contribution in [-0.2, 0) is 16.0 Å². The first-order valence-corrected chi connectivity index (χ1v) is 8.61. The summed E-state index contributed by atoms with van der Waals surface area (Å²) in [6.07, 6.45) is 1.97. The van der Waals surface area contributed by atoms with Crippen molar-refractivity contribution >= 4 is 23.2 Å². The second-order valence-electron chi connectivity index (χ2n) is 5.49. The zero-order valence-corrected chi connectivity index (χ0v) is 15.4. The molecule has 0 saturated carbocycles. The van der Waals surface area contributed by atoms with E-state index in [4.69, 9.17) is 30.0 Å². The molecule has 0 atom stereocenters. The Morgan fingerprint density at radius 2 is 2.15 bits per heavy atom. The van der Waals surface area contributed by atoms with Crippen LogP contribution < -0.4 is 10.1 Å². The summed E-state index contributed by atoms with van der Waals surface area (Å²) >= 11 is 6.16. The van der Waals surface area contributed by atoms with Gasteiger partial charge in [0, 0.05) is 20.0 Å². The molecule has 0 aliphatic heterocycles. The van der Waals surface area contributed by atoms with Gasteiger partial charge in [0.05, 0.1) is 23.6 Å². The molecule has 1 aromatic carbocycles. The minimum absolute atomic E-state index is 0.157. The number of hydrogen-bond acceptors (Lipinski definition) is 7. The number of rotatable bonds is 9. The lowest BCUT2D eigenvalue weighted by molar-refractivity contribution is -0.116. The maximum Gasteiger partial charge on any atom is 0.238 e. The van der Waals surface area contributed by atoms with Crippen molar-refractivity contribution in [2.75, 3.05) is 25.6 Å². The van der Waals surface area contributed by atoms with Crippen molar-refractivity contribution in [3.63, 3.8) is 0 Å². The van der Waals surface area contributed by atoms with Crippen molar-refractivity contribution in [3.05, 3.63) is 47.5 Å². The van der Waals surface area contributed by atoms with Crippen molar-refractivity contribution in [1.29, 1.82) is 0 Å². The molecule has 3 aromatic rings. The highest BCUT2D eigenvalue weighted by Crippen LogP contribution is 2.33. The molecule has 8 nitrogen and oxygen atoms in total. The van der Waals surface area contributed by atoms with E-state index < -0.39 is 0 Å². The van der Waals surface area contributed by atoms with Gasteiger partial charge in [0.15, 0.2) is 11.5 Å². The lowest BCUT2D eigenvalue weighted by atomic mass is 10.2. The number of methoxy groups -OCH3 is 1. The highest BCUT2D eigenvalue weighted by molar-refractivity contribution is 6.32. The van der Waals surface area contributed by atoms with E-state index >= 15 is 0 Å². The van der Waals surface area contributed by atoms with Crippen LogP contribution >= 0.6 is 11.6 Å². The van der Waals surface area contributed by atoms with Crippen molar-refractivity contribution in [2.45, 2.75) is 12.8 Å². The van der Waals surface area contributed by atoms with Crippen LogP contribution in [0.15, 0.2) is 45.5 Å². The molecule has 0 unspecified atom stereocenters. The topological polar surface area (TPSA) is 99.6 Å². The maximum atomic E-state index is 12.3. The number of carbonyl (C=O) groups is 1. The molecule has 3 rings (SSSR count). The highest BCUT2D eigenvalue weighted by atomic mass is 35.5. The summed E-state index contributed by atoms with van der Waals surface area (Å²) in [7, 11) is 1.58. The number of nitrogens with one attached hydrogen (secondary N) is 1. The van der Waals surface area contributed by atoms with Crippen LogP contribution in [0, 0.1) is 0 Å². The fourth-order valence-corrected chi connectivity index (χ4v) is 2.51. The summed E-state index contributed by atoms with van der Waals surface area (Å²) in [4.78, 5) is 16.5. The molecule has 0 radical (unpaired) electrons. The second kappa shape index (κ2) is 9.20. The zero-order valence-electron chi connectivity index (χ0n) is 14.6. The normalized spacial score (nSPS) is 10.7. The third-order valence-electron chi connectivity index (χ3n) is 3.55. The summed E-state index contributed by atoms with van der Waals surface area (Å²) < 4.78 is 20.9. The number of anilines is 1. The average Bonchev–Trinajstić information content (AvgIpc) is 3.34. The Kier molecular flexibility index (Phi) is 6.45. The van der Waals surface area contributed by atoms with Gasteiger partial charge in [-0.15, -0.1) is 0 Å². The molecular formula is C18H18ClN3O5. The number of aryl methyl sites for hydroxylation is 1. The third-order valence-corrected chi connectivity index (χ3v) is 3.85. The van der Waals surface area contributed by atoms with Crippen LogP contribution in [-0.4, -0.2) is 36.4 Å². The minimum Gasteiger partial charge on any atom is -0.487 e. The van der Waals surface area contributed by atoms with Crippen LogP contribution in [0.25, 0.3) is 11.6 Å². The number of hydrogen-bond donors (Lipinski definition) is 1. The van der Waals surface area contributed by atoms with Gasteiger partial charge in [-0.05, 0) is 24.3 Å². The number of nitrogens with zero attached hydrogens (tertiary/aromatic N) is 2. The number of halogens is 1. The number of carbonyl (C=O) groups excluding carboxylic acids is 1. The van der Waals surface area contributed by atoms with Crippen molar-refractivity contribution in [1.82, 2.24) is 10.1 Å². The average molecular weight is 392 g/mol. The Hall–Kier alpha value is -2.84. The van der Waals surface area contributed by atoms with Gasteiger partial charge in [-0.1, -0.05) is 22.8 Å². The molecule has 0 fully saturated rings. The quantitative estimate of drug-likeness (QED) is 0.556. The van der Waals surface area contributed by atoms with Crippen LogP contribution in [0.1, 0.15) is 12.3 Å². The van der Waals surface area contributed by atoms with Crippen LogP contribution in [0.3, 0.4) is 0 Å². The molecule has 0 aliphatic rings. The number of amides is 1. The Balaban J connectivity index is 1.57. The van der Waals surface area contributed by atoms with Gasteiger partial charge in [-0.2, -0.15) is 4.98 Å². The lowest BCUT2D eigenvalue weighted by Crippen LogP contribution is -2.14. The zero-order chi connectivity index (χ0) is 19.1. The molecular weight excluding hydrogens is 374 g/mol. The molecule has 27 heavy (non-hydrogen) atoms. The van der Waals surface area contributed by atoms with Crippen molar-refractivity contribution in [2.24, 2.45) is 0 Å². The van der Waals surface area contributed by atoms with E-state index in [2.05, 4.69) is 15.5 Å². The highest BCUT2D eigenvalue weighted by Gasteiger charge is 2.14. The molecule has 0 saturated heterocycles. The Bertz CT molecular complexity index is 879. The molecule has 2 aromatic heterocycles. The molecule has 1 amide bonds. The fourth-order valence-electron chi connectivity index (χ4n) is 2.28. The van der Waals surface area contributed by atoms with Crippen LogP contribution in [0.2, 0.25) is 5.02 Å². The minimum atomic E-state index is -0.230. The van der Waals surface area contributed by atoms with Gasteiger partial charge in [-0.25, -0.2) is 0 Å². The van der Waals surface area contributed by atoms with Gasteiger partial charge in [0.2, 0.25) is 17.6 Å². The number of para-hydroxylation sites is 1. The lowest BCUT2D eigenvalue weighted by Gasteiger charge is -2.13.